The number of esters is 1. The van der Waals surface area contributed by atoms with Crippen molar-refractivity contribution in [2.75, 3.05) is 6.61 Å². The van der Waals surface area contributed by atoms with Crippen LogP contribution >= 0.6 is 0 Å². The van der Waals surface area contributed by atoms with Crippen molar-refractivity contribution in [2.24, 2.45) is 0 Å². The second kappa shape index (κ2) is 6.24. The highest BCUT2D eigenvalue weighted by atomic mass is 16.5. The Bertz CT molecular complexity index is 656. The zero-order valence-corrected chi connectivity index (χ0v) is 11.7. The Balaban J connectivity index is 2.34. The fourth-order valence-electron chi connectivity index (χ4n) is 2.23. The molecule has 0 saturated heterocycles. The van der Waals surface area contributed by atoms with Gasteiger partial charge in [0.15, 0.2) is 0 Å². The van der Waals surface area contributed by atoms with E-state index in [1.165, 1.54) is 6.08 Å². The van der Waals surface area contributed by atoms with Gasteiger partial charge in [0, 0.05) is 11.6 Å². The molecule has 0 aliphatic rings. The van der Waals surface area contributed by atoms with E-state index in [2.05, 4.69) is 0 Å². The summed E-state index contributed by atoms with van der Waals surface area (Å²) >= 11 is 0. The first-order valence-corrected chi connectivity index (χ1v) is 6.65. The van der Waals surface area contributed by atoms with Crippen LogP contribution in [0.15, 0.2) is 48.0 Å². The molecule has 0 aliphatic carbocycles. The maximum atomic E-state index is 11.4. The molecule has 0 aliphatic heterocycles. The minimum atomic E-state index is -0.343. The summed E-state index contributed by atoms with van der Waals surface area (Å²) < 4.78 is 4.89. The number of hydrogen-bond acceptors (Lipinski definition) is 3. The van der Waals surface area contributed by atoms with Crippen molar-refractivity contribution in [1.29, 1.82) is 0 Å². The Morgan fingerprint density at radius 1 is 1.25 bits per heavy atom. The van der Waals surface area contributed by atoms with E-state index in [0.717, 1.165) is 21.9 Å². The van der Waals surface area contributed by atoms with E-state index >= 15 is 0 Å². The van der Waals surface area contributed by atoms with E-state index < -0.39 is 0 Å². The van der Waals surface area contributed by atoms with E-state index in [0.29, 0.717) is 13.0 Å². The van der Waals surface area contributed by atoms with Crippen LogP contribution in [0.3, 0.4) is 0 Å². The summed E-state index contributed by atoms with van der Waals surface area (Å²) in [5.41, 5.74) is 1.69. The summed E-state index contributed by atoms with van der Waals surface area (Å²) in [6, 6.07) is 11.5. The molecule has 0 spiro atoms. The highest BCUT2D eigenvalue weighted by Crippen LogP contribution is 2.29. The third-order valence-electron chi connectivity index (χ3n) is 3.12. The van der Waals surface area contributed by atoms with Crippen molar-refractivity contribution in [1.82, 2.24) is 0 Å². The molecular formula is C17H18O3. The van der Waals surface area contributed by atoms with Crippen molar-refractivity contribution < 1.29 is 14.6 Å². The average Bonchev–Trinajstić information content (AvgIpc) is 2.42. The molecule has 20 heavy (non-hydrogen) atoms. The number of benzene rings is 2. The largest absolute Gasteiger partial charge is 0.508 e. The molecule has 1 N–H and O–H groups in total. The number of phenols is 1. The minimum absolute atomic E-state index is 0.250. The molecule has 2 aromatic rings. The van der Waals surface area contributed by atoms with E-state index in [-0.39, 0.29) is 11.7 Å². The van der Waals surface area contributed by atoms with Crippen LogP contribution in [0.2, 0.25) is 0 Å². The van der Waals surface area contributed by atoms with Crippen LogP contribution in [0, 0.1) is 0 Å². The first-order valence-electron chi connectivity index (χ1n) is 6.65. The smallest absolute Gasteiger partial charge is 0.330 e. The number of ether oxygens (including phenoxy) is 1. The average molecular weight is 270 g/mol. The highest BCUT2D eigenvalue weighted by molar-refractivity contribution is 5.88. The summed E-state index contributed by atoms with van der Waals surface area (Å²) in [6.07, 6.45) is 2.00. The highest BCUT2D eigenvalue weighted by Gasteiger charge is 2.08. The normalized spacial score (nSPS) is 11.6. The molecule has 0 amide bonds. The summed E-state index contributed by atoms with van der Waals surface area (Å²) in [7, 11) is 0. The van der Waals surface area contributed by atoms with Gasteiger partial charge in [0.1, 0.15) is 5.75 Å². The molecular weight excluding hydrogens is 252 g/mol. The summed E-state index contributed by atoms with van der Waals surface area (Å²) in [5.74, 6) is -0.0926. The Kier molecular flexibility index (Phi) is 4.41. The molecule has 0 fully saturated rings. The molecule has 0 atom stereocenters. The van der Waals surface area contributed by atoms with Crippen molar-refractivity contribution in [3.8, 4) is 5.75 Å². The number of aromatic hydroxyl groups is 1. The Morgan fingerprint density at radius 2 is 2.00 bits per heavy atom. The van der Waals surface area contributed by atoms with Crippen LogP contribution in [0.5, 0.6) is 5.75 Å². The van der Waals surface area contributed by atoms with Crippen LogP contribution < -0.4 is 0 Å². The lowest BCUT2D eigenvalue weighted by Gasteiger charge is -2.09. The third-order valence-corrected chi connectivity index (χ3v) is 3.12. The molecule has 0 aromatic heterocycles. The van der Waals surface area contributed by atoms with Crippen molar-refractivity contribution in [3.63, 3.8) is 0 Å². The van der Waals surface area contributed by atoms with Crippen LogP contribution in [0.1, 0.15) is 19.4 Å². The second-order valence-corrected chi connectivity index (χ2v) is 4.70. The van der Waals surface area contributed by atoms with E-state index in [9.17, 15) is 9.90 Å². The van der Waals surface area contributed by atoms with Crippen LogP contribution in [-0.2, 0) is 16.0 Å². The number of hydrogen-bond donors (Lipinski definition) is 1. The van der Waals surface area contributed by atoms with Gasteiger partial charge in [-0.25, -0.2) is 4.79 Å². The van der Waals surface area contributed by atoms with E-state index in [1.54, 1.807) is 13.0 Å². The van der Waals surface area contributed by atoms with Crippen LogP contribution in [-0.4, -0.2) is 17.7 Å². The lowest BCUT2D eigenvalue weighted by Crippen LogP contribution is -2.01. The fraction of sp³-hybridized carbons (Fsp3) is 0.235. The number of phenolic OH excluding ortho intramolecular Hbond substituents is 1. The lowest BCUT2D eigenvalue weighted by atomic mass is 9.98. The molecule has 2 aromatic carbocycles. The van der Waals surface area contributed by atoms with Gasteiger partial charge in [-0.1, -0.05) is 35.9 Å². The number of fused-ring (bicyclic) bond motifs is 1. The van der Waals surface area contributed by atoms with Gasteiger partial charge in [-0.3, -0.25) is 0 Å². The first kappa shape index (κ1) is 14.1. The molecule has 0 bridgehead atoms. The summed E-state index contributed by atoms with van der Waals surface area (Å²) in [4.78, 5) is 11.4. The first-order chi connectivity index (χ1) is 9.61. The van der Waals surface area contributed by atoms with Crippen LogP contribution in [0.4, 0.5) is 0 Å². The van der Waals surface area contributed by atoms with Gasteiger partial charge in [0.05, 0.1) is 6.61 Å². The summed E-state index contributed by atoms with van der Waals surface area (Å²) in [5, 5.41) is 12.1. The topological polar surface area (TPSA) is 46.5 Å². The maximum absolute atomic E-state index is 11.4. The van der Waals surface area contributed by atoms with Gasteiger partial charge < -0.3 is 9.84 Å². The van der Waals surface area contributed by atoms with Gasteiger partial charge in [-0.2, -0.15) is 0 Å². The Labute approximate surface area is 118 Å². The Morgan fingerprint density at radius 3 is 2.75 bits per heavy atom. The molecule has 3 heteroatoms. The quantitative estimate of drug-likeness (QED) is 0.682. The molecule has 3 nitrogen and oxygen atoms in total. The molecule has 104 valence electrons. The number of carbonyl (C=O) groups is 1. The maximum Gasteiger partial charge on any atom is 0.330 e. The predicted octanol–water partition coefficient (Wildman–Crippen LogP) is 3.60. The second-order valence-electron chi connectivity index (χ2n) is 4.70. The van der Waals surface area contributed by atoms with E-state index in [4.69, 9.17) is 4.74 Å². The van der Waals surface area contributed by atoms with Crippen molar-refractivity contribution in [2.45, 2.75) is 20.3 Å². The minimum Gasteiger partial charge on any atom is -0.508 e. The fourth-order valence-corrected chi connectivity index (χ4v) is 2.23. The van der Waals surface area contributed by atoms with Gasteiger partial charge in [0.2, 0.25) is 0 Å². The molecule has 0 heterocycles. The number of allylic oxidation sites excluding steroid dienone is 1. The van der Waals surface area contributed by atoms with Crippen molar-refractivity contribution >= 4 is 16.7 Å². The number of rotatable bonds is 4. The molecule has 2 rings (SSSR count). The van der Waals surface area contributed by atoms with Gasteiger partial charge in [-0.15, -0.1) is 0 Å². The zero-order valence-electron chi connectivity index (χ0n) is 11.7. The van der Waals surface area contributed by atoms with Gasteiger partial charge in [0.25, 0.3) is 0 Å². The predicted molar refractivity (Wildman–Crippen MR) is 79.7 cm³/mol. The van der Waals surface area contributed by atoms with Crippen LogP contribution in [0.25, 0.3) is 10.8 Å². The third kappa shape index (κ3) is 3.18. The molecule has 0 unspecified atom stereocenters. The molecule has 0 radical (unpaired) electrons. The van der Waals surface area contributed by atoms with Gasteiger partial charge >= 0.3 is 5.97 Å². The van der Waals surface area contributed by atoms with Crippen molar-refractivity contribution in [3.05, 3.63) is 53.6 Å². The van der Waals surface area contributed by atoms with Gasteiger partial charge in [-0.05, 0) is 37.1 Å². The summed E-state index contributed by atoms with van der Waals surface area (Å²) in [6.45, 7) is 4.00. The zero-order chi connectivity index (χ0) is 14.5. The number of carbonyl (C=O) groups excluding carboxylic acids is 1. The Hall–Kier alpha value is -2.29. The standard InChI is InChI=1S/C17H18O3/c1-3-20-17(19)11-12(2)10-15-14-7-5-4-6-13(14)8-9-16(15)18/h4-9,11,18H,3,10H2,1-2H3/b12-11+. The SMILES string of the molecule is CCOC(=O)/C=C(\C)Cc1c(O)ccc2ccccc12. The molecule has 0 saturated carbocycles. The lowest BCUT2D eigenvalue weighted by molar-refractivity contribution is -0.137. The monoisotopic (exact) mass is 270 g/mol. The van der Waals surface area contributed by atoms with E-state index in [1.807, 2.05) is 37.3 Å².